The summed E-state index contributed by atoms with van der Waals surface area (Å²) < 4.78 is 5.32. The second-order valence-electron chi connectivity index (χ2n) is 5.18. The number of benzene rings is 1. The molecule has 0 aliphatic carbocycles. The van der Waals surface area contributed by atoms with E-state index in [9.17, 15) is 4.79 Å². The monoisotopic (exact) mass is 309 g/mol. The van der Waals surface area contributed by atoms with Gasteiger partial charge in [0.2, 0.25) is 0 Å². The summed E-state index contributed by atoms with van der Waals surface area (Å²) in [6.45, 7) is 6.68. The fourth-order valence-corrected chi connectivity index (χ4v) is 3.14. The first-order chi connectivity index (χ1) is 10.1. The van der Waals surface area contributed by atoms with E-state index in [1.807, 2.05) is 43.8 Å². The highest BCUT2D eigenvalue weighted by molar-refractivity contribution is 7.99. The highest BCUT2D eigenvalue weighted by Crippen LogP contribution is 2.31. The average Bonchev–Trinajstić information content (AvgIpc) is 2.48. The summed E-state index contributed by atoms with van der Waals surface area (Å²) in [5.41, 5.74) is 7.43. The van der Waals surface area contributed by atoms with Crippen molar-refractivity contribution in [3.63, 3.8) is 0 Å². The van der Waals surface area contributed by atoms with Crippen LogP contribution in [0.15, 0.2) is 24.3 Å². The minimum absolute atomic E-state index is 0.195. The lowest BCUT2D eigenvalue weighted by molar-refractivity contribution is -0.150. The van der Waals surface area contributed by atoms with Crippen molar-refractivity contribution in [2.24, 2.45) is 5.73 Å². The summed E-state index contributed by atoms with van der Waals surface area (Å²) >= 11 is 1.89. The van der Waals surface area contributed by atoms with E-state index >= 15 is 0 Å². The normalized spacial score (nSPS) is 13.7. The smallest absolute Gasteiger partial charge is 0.317 e. The maximum atomic E-state index is 12.6. The third kappa shape index (κ3) is 4.75. The van der Waals surface area contributed by atoms with Gasteiger partial charge in [-0.15, -0.1) is 0 Å². The fraction of sp³-hybridized carbons (Fsp3) is 0.588. The van der Waals surface area contributed by atoms with Crippen LogP contribution in [0.5, 0.6) is 0 Å². The van der Waals surface area contributed by atoms with E-state index in [4.69, 9.17) is 10.5 Å². The highest BCUT2D eigenvalue weighted by atomic mass is 32.2. The first-order valence-corrected chi connectivity index (χ1v) is 8.78. The van der Waals surface area contributed by atoms with Gasteiger partial charge in [0.05, 0.1) is 6.61 Å². The Morgan fingerprint density at radius 3 is 2.71 bits per heavy atom. The maximum absolute atomic E-state index is 12.6. The second-order valence-corrected chi connectivity index (χ2v) is 6.57. The Morgan fingerprint density at radius 1 is 1.38 bits per heavy atom. The lowest BCUT2D eigenvalue weighted by atomic mass is 9.76. The van der Waals surface area contributed by atoms with E-state index in [1.54, 1.807) is 0 Å². The standard InChI is InChI=1S/C17H27NO2S/c1-4-20-16(19)17(13-18,10-7-11-21-5-2)15-9-6-8-14(3)12-15/h6,8-9,12H,4-5,7,10-11,13,18H2,1-3H3. The van der Waals surface area contributed by atoms with Crippen molar-refractivity contribution in [3.8, 4) is 0 Å². The number of ether oxygens (including phenoxy) is 1. The van der Waals surface area contributed by atoms with Gasteiger partial charge in [-0.2, -0.15) is 11.8 Å². The Kier molecular flexibility index (Phi) is 7.83. The van der Waals surface area contributed by atoms with Crippen LogP contribution in [0.25, 0.3) is 0 Å². The molecular formula is C17H27NO2S. The number of hydrogen-bond acceptors (Lipinski definition) is 4. The number of carbonyl (C=O) groups is 1. The molecule has 0 saturated heterocycles. The fourth-order valence-electron chi connectivity index (χ4n) is 2.50. The van der Waals surface area contributed by atoms with Gasteiger partial charge in [-0.1, -0.05) is 36.8 Å². The molecule has 0 spiro atoms. The number of nitrogens with two attached hydrogens (primary N) is 1. The lowest BCUT2D eigenvalue weighted by Crippen LogP contribution is -2.44. The van der Waals surface area contributed by atoms with Crippen molar-refractivity contribution >= 4 is 17.7 Å². The number of hydrogen-bond donors (Lipinski definition) is 1. The molecule has 0 bridgehead atoms. The largest absolute Gasteiger partial charge is 0.465 e. The SMILES string of the molecule is CCOC(=O)C(CN)(CCCSCC)c1cccc(C)c1. The minimum atomic E-state index is -0.712. The van der Waals surface area contributed by atoms with Crippen molar-refractivity contribution in [2.75, 3.05) is 24.7 Å². The molecule has 1 atom stereocenters. The molecule has 2 N–H and O–H groups in total. The molecular weight excluding hydrogens is 282 g/mol. The summed E-state index contributed by atoms with van der Waals surface area (Å²) in [6, 6.07) is 8.05. The maximum Gasteiger partial charge on any atom is 0.317 e. The van der Waals surface area contributed by atoms with Crippen molar-refractivity contribution in [2.45, 2.75) is 39.0 Å². The van der Waals surface area contributed by atoms with E-state index in [0.29, 0.717) is 6.61 Å². The Labute approximate surface area is 132 Å². The van der Waals surface area contributed by atoms with Crippen molar-refractivity contribution in [1.29, 1.82) is 0 Å². The zero-order valence-corrected chi connectivity index (χ0v) is 14.2. The van der Waals surface area contributed by atoms with Gasteiger partial charge in [-0.05, 0) is 43.8 Å². The molecule has 1 rings (SSSR count). The molecule has 0 aliphatic heterocycles. The third-order valence-corrected chi connectivity index (χ3v) is 4.67. The minimum Gasteiger partial charge on any atom is -0.465 e. The van der Waals surface area contributed by atoms with E-state index < -0.39 is 5.41 Å². The Morgan fingerprint density at radius 2 is 2.14 bits per heavy atom. The van der Waals surface area contributed by atoms with Gasteiger partial charge in [0, 0.05) is 6.54 Å². The predicted octanol–water partition coefficient (Wildman–Crippen LogP) is 3.29. The molecule has 0 aromatic heterocycles. The van der Waals surface area contributed by atoms with Gasteiger partial charge in [0.15, 0.2) is 0 Å². The Hall–Kier alpha value is -1.00. The molecule has 1 aromatic rings. The van der Waals surface area contributed by atoms with Crippen LogP contribution in [0.4, 0.5) is 0 Å². The van der Waals surface area contributed by atoms with E-state index in [2.05, 4.69) is 13.0 Å². The molecule has 1 aromatic carbocycles. The molecule has 118 valence electrons. The topological polar surface area (TPSA) is 52.3 Å². The molecule has 0 fully saturated rings. The molecule has 0 saturated carbocycles. The zero-order chi connectivity index (χ0) is 15.7. The first-order valence-electron chi connectivity index (χ1n) is 7.63. The molecule has 0 amide bonds. The molecule has 4 heteroatoms. The van der Waals surface area contributed by atoms with E-state index in [1.165, 1.54) is 0 Å². The zero-order valence-electron chi connectivity index (χ0n) is 13.4. The van der Waals surface area contributed by atoms with Gasteiger partial charge in [-0.3, -0.25) is 4.79 Å². The number of rotatable bonds is 9. The Balaban J connectivity index is 3.04. The van der Waals surface area contributed by atoms with Gasteiger partial charge >= 0.3 is 5.97 Å². The quantitative estimate of drug-likeness (QED) is 0.562. The summed E-state index contributed by atoms with van der Waals surface area (Å²) in [6.07, 6.45) is 1.70. The number of esters is 1. The number of thioether (sulfide) groups is 1. The van der Waals surface area contributed by atoms with Crippen LogP contribution in [0.1, 0.15) is 37.8 Å². The summed E-state index contributed by atoms with van der Waals surface area (Å²) in [7, 11) is 0. The van der Waals surface area contributed by atoms with Crippen LogP contribution in [-0.2, 0) is 14.9 Å². The van der Waals surface area contributed by atoms with Gasteiger partial charge in [0.25, 0.3) is 0 Å². The van der Waals surface area contributed by atoms with Crippen LogP contribution >= 0.6 is 11.8 Å². The lowest BCUT2D eigenvalue weighted by Gasteiger charge is -2.31. The van der Waals surface area contributed by atoms with Crippen LogP contribution in [-0.4, -0.2) is 30.6 Å². The van der Waals surface area contributed by atoms with Gasteiger partial charge < -0.3 is 10.5 Å². The highest BCUT2D eigenvalue weighted by Gasteiger charge is 2.40. The molecule has 21 heavy (non-hydrogen) atoms. The van der Waals surface area contributed by atoms with E-state index in [-0.39, 0.29) is 12.5 Å². The van der Waals surface area contributed by atoms with Crippen molar-refractivity contribution < 1.29 is 9.53 Å². The number of carbonyl (C=O) groups excluding carboxylic acids is 1. The molecule has 0 heterocycles. The van der Waals surface area contributed by atoms with E-state index in [0.717, 1.165) is 35.5 Å². The second kappa shape index (κ2) is 9.11. The molecule has 0 radical (unpaired) electrons. The van der Waals surface area contributed by atoms with Crippen LogP contribution < -0.4 is 5.73 Å². The van der Waals surface area contributed by atoms with Gasteiger partial charge in [0.1, 0.15) is 5.41 Å². The van der Waals surface area contributed by atoms with Crippen LogP contribution in [0.2, 0.25) is 0 Å². The van der Waals surface area contributed by atoms with Crippen LogP contribution in [0, 0.1) is 6.92 Å². The van der Waals surface area contributed by atoms with Crippen molar-refractivity contribution in [3.05, 3.63) is 35.4 Å². The van der Waals surface area contributed by atoms with Crippen LogP contribution in [0.3, 0.4) is 0 Å². The van der Waals surface area contributed by atoms with Gasteiger partial charge in [-0.25, -0.2) is 0 Å². The predicted molar refractivity (Wildman–Crippen MR) is 90.8 cm³/mol. The summed E-state index contributed by atoms with van der Waals surface area (Å²) in [5, 5.41) is 0. The third-order valence-electron chi connectivity index (χ3n) is 3.68. The molecule has 1 unspecified atom stereocenters. The first kappa shape index (κ1) is 18.1. The average molecular weight is 309 g/mol. The molecule has 3 nitrogen and oxygen atoms in total. The number of aryl methyl sites for hydroxylation is 1. The summed E-state index contributed by atoms with van der Waals surface area (Å²) in [4.78, 5) is 12.6. The molecule has 0 aliphatic rings. The summed E-state index contributed by atoms with van der Waals surface area (Å²) in [5.74, 6) is 1.95. The van der Waals surface area contributed by atoms with Crippen molar-refractivity contribution in [1.82, 2.24) is 0 Å². The Bertz CT molecular complexity index is 450.